The molecule has 0 saturated heterocycles. The summed E-state index contributed by atoms with van der Waals surface area (Å²) < 4.78 is 11.0. The number of carboxylic acids is 1. The minimum atomic E-state index is -1.15. The zero-order chi connectivity index (χ0) is 20.8. The number of carbonyl (C=O) groups is 2. The molecule has 0 fully saturated rings. The SMILES string of the molecule is CCC(CC)OCC(NC(=O)OCC1c2ccccc2-c2ccccc21)C(=O)O. The normalized spacial score (nSPS) is 13.6. The van der Waals surface area contributed by atoms with Crippen molar-refractivity contribution in [2.24, 2.45) is 0 Å². The molecule has 0 bridgehead atoms. The molecular weight excluding hydrogens is 370 g/mol. The second-order valence-electron chi connectivity index (χ2n) is 7.13. The Kier molecular flexibility index (Phi) is 6.88. The molecule has 0 aromatic heterocycles. The Balaban J connectivity index is 1.62. The maximum atomic E-state index is 12.3. The lowest BCUT2D eigenvalue weighted by Crippen LogP contribution is -2.45. The third-order valence-corrected chi connectivity index (χ3v) is 5.34. The number of rotatable bonds is 9. The number of amides is 1. The summed E-state index contributed by atoms with van der Waals surface area (Å²) in [5.74, 6) is -1.22. The number of fused-ring (bicyclic) bond motifs is 3. The average molecular weight is 397 g/mol. The van der Waals surface area contributed by atoms with Crippen molar-refractivity contribution >= 4 is 12.1 Å². The van der Waals surface area contributed by atoms with Gasteiger partial charge in [0.1, 0.15) is 6.61 Å². The highest BCUT2D eigenvalue weighted by Crippen LogP contribution is 2.44. The zero-order valence-electron chi connectivity index (χ0n) is 16.8. The van der Waals surface area contributed by atoms with Crippen LogP contribution in [0.4, 0.5) is 4.79 Å². The average Bonchev–Trinajstić information content (AvgIpc) is 3.06. The fraction of sp³-hybridized carbons (Fsp3) is 0.391. The van der Waals surface area contributed by atoms with Gasteiger partial charge in [0.2, 0.25) is 0 Å². The maximum absolute atomic E-state index is 12.3. The molecule has 1 unspecified atom stereocenters. The first-order valence-electron chi connectivity index (χ1n) is 10.0. The van der Waals surface area contributed by atoms with Crippen LogP contribution in [0.15, 0.2) is 48.5 Å². The molecule has 0 radical (unpaired) electrons. The Morgan fingerprint density at radius 3 is 2.07 bits per heavy atom. The van der Waals surface area contributed by atoms with Crippen molar-refractivity contribution in [2.75, 3.05) is 13.2 Å². The highest BCUT2D eigenvalue weighted by atomic mass is 16.6. The van der Waals surface area contributed by atoms with Gasteiger partial charge in [-0.15, -0.1) is 0 Å². The number of hydrogen-bond donors (Lipinski definition) is 2. The van der Waals surface area contributed by atoms with Gasteiger partial charge in [-0.05, 0) is 35.1 Å². The number of benzene rings is 2. The van der Waals surface area contributed by atoms with E-state index in [0.717, 1.165) is 35.1 Å². The first-order chi connectivity index (χ1) is 14.0. The largest absolute Gasteiger partial charge is 0.480 e. The molecule has 6 nitrogen and oxygen atoms in total. The quantitative estimate of drug-likeness (QED) is 0.663. The minimum Gasteiger partial charge on any atom is -0.480 e. The monoisotopic (exact) mass is 397 g/mol. The Morgan fingerprint density at radius 2 is 1.55 bits per heavy atom. The van der Waals surface area contributed by atoms with E-state index < -0.39 is 18.1 Å². The number of carboxylic acid groups (broad SMARTS) is 1. The molecule has 0 aliphatic heterocycles. The lowest BCUT2D eigenvalue weighted by Gasteiger charge is -2.20. The smallest absolute Gasteiger partial charge is 0.407 e. The van der Waals surface area contributed by atoms with Crippen LogP contribution in [0.3, 0.4) is 0 Å². The van der Waals surface area contributed by atoms with Gasteiger partial charge >= 0.3 is 12.1 Å². The summed E-state index contributed by atoms with van der Waals surface area (Å²) in [4.78, 5) is 23.7. The third kappa shape index (κ3) is 4.77. The first kappa shape index (κ1) is 20.9. The number of alkyl carbamates (subject to hydrolysis) is 1. The van der Waals surface area contributed by atoms with Crippen LogP contribution in [0.25, 0.3) is 11.1 Å². The summed E-state index contributed by atoms with van der Waals surface area (Å²) in [5.41, 5.74) is 4.49. The third-order valence-electron chi connectivity index (χ3n) is 5.34. The van der Waals surface area contributed by atoms with Crippen molar-refractivity contribution in [1.82, 2.24) is 5.32 Å². The Hall–Kier alpha value is -2.86. The Morgan fingerprint density at radius 1 is 1.00 bits per heavy atom. The van der Waals surface area contributed by atoms with Gasteiger partial charge in [0.25, 0.3) is 0 Å². The molecule has 2 aromatic carbocycles. The number of hydrogen-bond acceptors (Lipinski definition) is 4. The van der Waals surface area contributed by atoms with E-state index in [0.29, 0.717) is 0 Å². The summed E-state index contributed by atoms with van der Waals surface area (Å²) in [6, 6.07) is 14.9. The van der Waals surface area contributed by atoms with Crippen molar-refractivity contribution in [3.8, 4) is 11.1 Å². The molecule has 3 rings (SSSR count). The van der Waals surface area contributed by atoms with Gasteiger partial charge in [0.15, 0.2) is 6.04 Å². The predicted octanol–water partition coefficient (Wildman–Crippen LogP) is 4.18. The van der Waals surface area contributed by atoms with E-state index in [4.69, 9.17) is 9.47 Å². The molecule has 0 saturated carbocycles. The van der Waals surface area contributed by atoms with E-state index in [1.165, 1.54) is 0 Å². The highest BCUT2D eigenvalue weighted by molar-refractivity contribution is 5.81. The summed E-state index contributed by atoms with van der Waals surface area (Å²) >= 11 is 0. The molecule has 2 N–H and O–H groups in total. The van der Waals surface area contributed by atoms with Crippen molar-refractivity contribution in [3.05, 3.63) is 59.7 Å². The van der Waals surface area contributed by atoms with Gasteiger partial charge in [-0.1, -0.05) is 62.4 Å². The van der Waals surface area contributed by atoms with E-state index in [9.17, 15) is 14.7 Å². The standard InChI is InChI=1S/C23H27NO5/c1-3-15(4-2)28-14-21(22(25)26)24-23(27)29-13-20-18-11-7-5-9-16(18)17-10-6-8-12-19(17)20/h5-12,15,20-21H,3-4,13-14H2,1-2H3,(H,24,27)(H,25,26). The molecular formula is C23H27NO5. The van der Waals surface area contributed by atoms with Crippen LogP contribution in [0.5, 0.6) is 0 Å². The van der Waals surface area contributed by atoms with E-state index in [-0.39, 0.29) is 25.2 Å². The van der Waals surface area contributed by atoms with Gasteiger partial charge in [0, 0.05) is 5.92 Å². The summed E-state index contributed by atoms with van der Waals surface area (Å²) in [7, 11) is 0. The van der Waals surface area contributed by atoms with Crippen LogP contribution in [-0.2, 0) is 14.3 Å². The fourth-order valence-corrected chi connectivity index (χ4v) is 3.71. The van der Waals surface area contributed by atoms with Gasteiger partial charge in [-0.2, -0.15) is 0 Å². The van der Waals surface area contributed by atoms with Crippen molar-refractivity contribution in [2.45, 2.75) is 44.8 Å². The van der Waals surface area contributed by atoms with Crippen LogP contribution >= 0.6 is 0 Å². The molecule has 1 aliphatic carbocycles. The van der Waals surface area contributed by atoms with E-state index in [1.54, 1.807) is 0 Å². The first-order valence-corrected chi connectivity index (χ1v) is 10.0. The summed E-state index contributed by atoms with van der Waals surface area (Å²) in [6.45, 7) is 4.00. The summed E-state index contributed by atoms with van der Waals surface area (Å²) in [5, 5.41) is 11.8. The lowest BCUT2D eigenvalue weighted by molar-refractivity contribution is -0.141. The second kappa shape index (κ2) is 9.56. The van der Waals surface area contributed by atoms with Crippen molar-refractivity contribution in [3.63, 3.8) is 0 Å². The van der Waals surface area contributed by atoms with Crippen LogP contribution in [0.1, 0.15) is 43.7 Å². The second-order valence-corrected chi connectivity index (χ2v) is 7.13. The molecule has 154 valence electrons. The molecule has 0 spiro atoms. The molecule has 29 heavy (non-hydrogen) atoms. The Labute approximate surface area is 170 Å². The van der Waals surface area contributed by atoms with Crippen molar-refractivity contribution in [1.29, 1.82) is 0 Å². The molecule has 2 aromatic rings. The topological polar surface area (TPSA) is 84.9 Å². The van der Waals surface area contributed by atoms with Crippen LogP contribution in [-0.4, -0.2) is 42.5 Å². The lowest BCUT2D eigenvalue weighted by atomic mass is 9.98. The van der Waals surface area contributed by atoms with E-state index in [2.05, 4.69) is 17.4 Å². The number of nitrogens with one attached hydrogen (secondary N) is 1. The number of ether oxygens (including phenoxy) is 2. The molecule has 1 atom stereocenters. The van der Waals surface area contributed by atoms with Crippen LogP contribution < -0.4 is 5.32 Å². The van der Waals surface area contributed by atoms with Gasteiger partial charge in [0.05, 0.1) is 12.7 Å². The van der Waals surface area contributed by atoms with E-state index >= 15 is 0 Å². The molecule has 1 aliphatic rings. The van der Waals surface area contributed by atoms with E-state index in [1.807, 2.05) is 50.2 Å². The number of carbonyl (C=O) groups excluding carboxylic acids is 1. The van der Waals surface area contributed by atoms with Gasteiger partial charge in [-0.25, -0.2) is 9.59 Å². The fourth-order valence-electron chi connectivity index (χ4n) is 3.71. The minimum absolute atomic E-state index is 0.0267. The van der Waals surface area contributed by atoms with Crippen molar-refractivity contribution < 1.29 is 24.2 Å². The Bertz CT molecular complexity index is 816. The van der Waals surface area contributed by atoms with Crippen LogP contribution in [0, 0.1) is 0 Å². The molecule has 0 heterocycles. The highest BCUT2D eigenvalue weighted by Gasteiger charge is 2.29. The predicted molar refractivity (Wildman–Crippen MR) is 110 cm³/mol. The molecule has 6 heteroatoms. The number of aliphatic carboxylic acids is 1. The maximum Gasteiger partial charge on any atom is 0.407 e. The zero-order valence-corrected chi connectivity index (χ0v) is 16.8. The van der Waals surface area contributed by atoms with Gasteiger partial charge in [-0.3, -0.25) is 0 Å². The summed E-state index contributed by atoms with van der Waals surface area (Å²) in [6.07, 6.45) is 0.787. The van der Waals surface area contributed by atoms with Gasteiger partial charge < -0.3 is 19.9 Å². The molecule has 1 amide bonds. The van der Waals surface area contributed by atoms with Crippen LogP contribution in [0.2, 0.25) is 0 Å².